The van der Waals surface area contributed by atoms with Gasteiger partial charge in [-0.2, -0.15) is 0 Å². The second kappa shape index (κ2) is 17.5. The van der Waals surface area contributed by atoms with Gasteiger partial charge in [0.2, 0.25) is 0 Å². The number of aromatic amines is 1. The number of aromatic nitrogens is 2. The van der Waals surface area contributed by atoms with Crippen molar-refractivity contribution >= 4 is 28.5 Å². The fourth-order valence-electron chi connectivity index (χ4n) is 6.66. The third-order valence-electron chi connectivity index (χ3n) is 9.46. The maximum Gasteiger partial charge on any atom is 0.330 e. The topological polar surface area (TPSA) is 118 Å². The third-order valence-corrected chi connectivity index (χ3v) is 15.9. The molecule has 288 valence electrons. The molecule has 0 spiro atoms. The van der Waals surface area contributed by atoms with Crippen LogP contribution in [-0.2, 0) is 24.2 Å². The Balaban J connectivity index is 1.31. The molecule has 3 atom stereocenters. The van der Waals surface area contributed by atoms with Crippen LogP contribution in [0.15, 0.2) is 165 Å². The van der Waals surface area contributed by atoms with Crippen molar-refractivity contribution in [1.82, 2.24) is 9.55 Å². The molecule has 10 nitrogen and oxygen atoms in total. The molecular weight excluding hydrogens is 768 g/mol. The monoisotopic (exact) mass is 808 g/mol. The van der Waals surface area contributed by atoms with Crippen LogP contribution in [0.5, 0.6) is 11.5 Å². The molecule has 5 aromatic carbocycles. The van der Waals surface area contributed by atoms with Crippen molar-refractivity contribution < 1.29 is 28.0 Å². The summed E-state index contributed by atoms with van der Waals surface area (Å²) in [6.07, 6.45) is -0.858. The lowest BCUT2D eigenvalue weighted by molar-refractivity contribution is -0.0909. The Hall–Kier alpha value is -4.81. The van der Waals surface area contributed by atoms with Gasteiger partial charge in [0, 0.05) is 28.0 Å². The summed E-state index contributed by atoms with van der Waals surface area (Å²) in [4.78, 5) is 29.5. The summed E-state index contributed by atoms with van der Waals surface area (Å²) in [5.74, 6) is -2.26. The summed E-state index contributed by atoms with van der Waals surface area (Å²) < 4.78 is 48.2. The molecule has 1 N–H and O–H groups in total. The van der Waals surface area contributed by atoms with Crippen molar-refractivity contribution in [2.24, 2.45) is 0 Å². The number of H-pyrrole nitrogens is 1. The van der Waals surface area contributed by atoms with Gasteiger partial charge in [0.1, 0.15) is 29.4 Å². The molecule has 1 saturated heterocycles. The molecule has 0 aliphatic carbocycles. The van der Waals surface area contributed by atoms with Crippen molar-refractivity contribution in [3.05, 3.63) is 189 Å². The van der Waals surface area contributed by atoms with E-state index in [0.717, 1.165) is 49.2 Å². The highest BCUT2D eigenvalue weighted by Gasteiger charge is 2.46. The number of hydrogen-bond donors (Lipinski definition) is 1. The van der Waals surface area contributed by atoms with E-state index in [-0.39, 0.29) is 13.0 Å². The number of methoxy groups -OCH3 is 2. The number of benzene rings is 5. The van der Waals surface area contributed by atoms with Crippen LogP contribution in [0.3, 0.4) is 0 Å². The van der Waals surface area contributed by atoms with Crippen LogP contribution >= 0.6 is 28.5 Å². The minimum atomic E-state index is -3.63. The smallest absolute Gasteiger partial charge is 0.330 e. The van der Waals surface area contributed by atoms with Gasteiger partial charge >= 0.3 is 11.5 Å². The molecule has 56 heavy (non-hydrogen) atoms. The first-order valence-electron chi connectivity index (χ1n) is 17.9. The first kappa shape index (κ1) is 39.4. The summed E-state index contributed by atoms with van der Waals surface area (Å²) in [5, 5.41) is 0. The normalized spacial score (nSPS) is 17.1. The van der Waals surface area contributed by atoms with Crippen LogP contribution in [0.25, 0.3) is 0 Å². The average molecular weight is 809 g/mol. The lowest BCUT2D eigenvalue weighted by atomic mass is 9.80. The van der Waals surface area contributed by atoms with Crippen LogP contribution in [0.4, 0.5) is 0 Å². The van der Waals surface area contributed by atoms with Crippen molar-refractivity contribution in [2.45, 2.75) is 47.2 Å². The van der Waals surface area contributed by atoms with Gasteiger partial charge < -0.3 is 23.5 Å². The van der Waals surface area contributed by atoms with Crippen LogP contribution in [0.1, 0.15) is 34.9 Å². The van der Waals surface area contributed by atoms with Crippen LogP contribution in [-0.4, -0.2) is 42.6 Å². The SMILES string of the molecule is COc1ccc(C(OC[C@H]2O[C@@H](n3cc(C)c(=O)[nH]c3=O)C[C@@H]2OP(=O)(Sc2ccccc2)Sc2ccccc2)(c2ccccc2)c2ccc(OC)cc2)cc1. The number of nitrogens with zero attached hydrogens (tertiary/aromatic N) is 1. The lowest BCUT2D eigenvalue weighted by Crippen LogP contribution is -2.38. The summed E-state index contributed by atoms with van der Waals surface area (Å²) in [5.41, 5.74) is 0.543. The van der Waals surface area contributed by atoms with E-state index in [1.807, 2.05) is 140 Å². The summed E-state index contributed by atoms with van der Waals surface area (Å²) in [6.45, 7) is 1.58. The predicted molar refractivity (Wildman–Crippen MR) is 220 cm³/mol. The highest BCUT2D eigenvalue weighted by Crippen LogP contribution is 2.75. The van der Waals surface area contributed by atoms with E-state index < -0.39 is 41.1 Å². The highest BCUT2D eigenvalue weighted by molar-refractivity contribution is 8.89. The van der Waals surface area contributed by atoms with E-state index >= 15 is 4.57 Å². The maximum atomic E-state index is 15.1. The lowest BCUT2D eigenvalue weighted by Gasteiger charge is -2.37. The fraction of sp³-hybridized carbons (Fsp3) is 0.209. The van der Waals surface area contributed by atoms with Crippen molar-refractivity contribution in [3.63, 3.8) is 0 Å². The van der Waals surface area contributed by atoms with Crippen molar-refractivity contribution in [2.75, 3.05) is 20.8 Å². The second-order valence-corrected chi connectivity index (χ2v) is 20.1. The number of ether oxygens (including phenoxy) is 4. The van der Waals surface area contributed by atoms with Crippen LogP contribution in [0.2, 0.25) is 0 Å². The zero-order chi connectivity index (χ0) is 39.1. The fourth-order valence-corrected chi connectivity index (χ4v) is 13.6. The maximum absolute atomic E-state index is 15.1. The van der Waals surface area contributed by atoms with Gasteiger partial charge in [-0.15, -0.1) is 0 Å². The second-order valence-electron chi connectivity index (χ2n) is 13.1. The molecule has 0 saturated carbocycles. The quantitative estimate of drug-likeness (QED) is 0.0795. The third kappa shape index (κ3) is 8.76. The van der Waals surface area contributed by atoms with Crippen molar-refractivity contribution in [1.29, 1.82) is 0 Å². The standard InChI is InChI=1S/C43H41N2O8PS2/c1-30-28-45(42(47)44-41(30)46)40-27-38(53-54(48,55-36-15-9-5-10-16-36)56-37-17-11-6-12-18-37)39(52-40)29-51-43(31-13-7-4-8-14-31,32-19-23-34(49-2)24-20-32)33-21-25-35(50-3)26-22-33/h4-26,28,38-40H,27,29H2,1-3H3,(H,44,46,47)/t38-,39+,40+/m0/s1. The molecule has 0 bridgehead atoms. The van der Waals surface area contributed by atoms with E-state index in [9.17, 15) is 9.59 Å². The van der Waals surface area contributed by atoms with Gasteiger partial charge in [-0.3, -0.25) is 18.9 Å². The molecule has 0 amide bonds. The zero-order valence-electron chi connectivity index (χ0n) is 31.0. The number of hydrogen-bond acceptors (Lipinski definition) is 10. The van der Waals surface area contributed by atoms with Gasteiger partial charge in [0.15, 0.2) is 0 Å². The molecule has 1 fully saturated rings. The molecule has 7 rings (SSSR count). The predicted octanol–water partition coefficient (Wildman–Crippen LogP) is 9.24. The van der Waals surface area contributed by atoms with Crippen LogP contribution < -0.4 is 20.7 Å². The zero-order valence-corrected chi connectivity index (χ0v) is 33.5. The Labute approximate surface area is 333 Å². The Morgan fingerprint density at radius 1 is 0.732 bits per heavy atom. The molecule has 2 heterocycles. The minimum Gasteiger partial charge on any atom is -0.497 e. The molecule has 0 unspecified atom stereocenters. The van der Waals surface area contributed by atoms with E-state index in [1.54, 1.807) is 21.1 Å². The first-order chi connectivity index (χ1) is 27.2. The molecule has 13 heteroatoms. The van der Waals surface area contributed by atoms with Gasteiger partial charge in [-0.1, -0.05) is 91.0 Å². The van der Waals surface area contributed by atoms with Crippen molar-refractivity contribution in [3.8, 4) is 11.5 Å². The van der Waals surface area contributed by atoms with Gasteiger partial charge in [-0.25, -0.2) is 4.79 Å². The Morgan fingerprint density at radius 3 is 1.71 bits per heavy atom. The summed E-state index contributed by atoms with van der Waals surface area (Å²) in [7, 11) is 3.24. The molecular formula is C43H41N2O8PS2. The number of nitrogens with one attached hydrogen (secondary N) is 1. The summed E-state index contributed by atoms with van der Waals surface area (Å²) >= 11 is 2.32. The Morgan fingerprint density at radius 2 is 1.21 bits per heavy atom. The largest absolute Gasteiger partial charge is 0.497 e. The van der Waals surface area contributed by atoms with Gasteiger partial charge in [0.25, 0.3) is 5.56 Å². The number of aryl methyl sites for hydroxylation is 1. The molecule has 1 aliphatic rings. The van der Waals surface area contributed by atoms with E-state index in [2.05, 4.69) is 4.98 Å². The molecule has 0 radical (unpaired) electrons. The van der Waals surface area contributed by atoms with E-state index in [1.165, 1.54) is 10.8 Å². The van der Waals surface area contributed by atoms with Crippen LogP contribution in [0, 0.1) is 6.92 Å². The van der Waals surface area contributed by atoms with E-state index in [0.29, 0.717) is 17.1 Å². The molecule has 1 aliphatic heterocycles. The van der Waals surface area contributed by atoms with Gasteiger partial charge in [-0.05, 0) is 94.9 Å². The minimum absolute atomic E-state index is 0.0444. The van der Waals surface area contributed by atoms with Gasteiger partial charge in [0.05, 0.1) is 26.9 Å². The molecule has 6 aromatic rings. The molecule has 1 aromatic heterocycles. The van der Waals surface area contributed by atoms with E-state index in [4.69, 9.17) is 23.5 Å². The average Bonchev–Trinajstić information content (AvgIpc) is 3.62. The first-order valence-corrected chi connectivity index (χ1v) is 22.4. The number of rotatable bonds is 15. The Bertz CT molecular complexity index is 2290. The highest BCUT2D eigenvalue weighted by atomic mass is 33.1. The summed E-state index contributed by atoms with van der Waals surface area (Å²) in [6, 6.07) is 44.2. The Kier molecular flexibility index (Phi) is 12.4.